The summed E-state index contributed by atoms with van der Waals surface area (Å²) in [5.41, 5.74) is 9.43. The Morgan fingerprint density at radius 1 is 1.18 bits per heavy atom. The zero-order chi connectivity index (χ0) is 16.3. The van der Waals surface area contributed by atoms with Gasteiger partial charge in [-0.25, -0.2) is 4.52 Å². The van der Waals surface area contributed by atoms with Crippen LogP contribution in [0.4, 0.5) is 0 Å². The van der Waals surface area contributed by atoms with E-state index < -0.39 is 0 Å². The number of nitrogens with zero attached hydrogens (tertiary/aromatic N) is 2. The minimum atomic E-state index is -0.387. The summed E-state index contributed by atoms with van der Waals surface area (Å²) in [6.45, 7) is 8.92. The number of carbonyl (C=O) groups excluding carboxylic acids is 1. The van der Waals surface area contributed by atoms with Crippen LogP contribution in [0.3, 0.4) is 0 Å². The fourth-order valence-electron chi connectivity index (χ4n) is 2.63. The monoisotopic (exact) mass is 301 g/mol. The molecule has 4 nitrogen and oxygen atoms in total. The van der Waals surface area contributed by atoms with Gasteiger partial charge in [0.25, 0.3) is 0 Å². The van der Waals surface area contributed by atoms with Crippen LogP contribution in [0.15, 0.2) is 18.3 Å². The Kier molecular flexibility index (Phi) is 5.22. The van der Waals surface area contributed by atoms with Crippen molar-refractivity contribution in [2.45, 2.75) is 53.4 Å². The molecular formula is C18H27N3O. The minimum absolute atomic E-state index is 0.387. The van der Waals surface area contributed by atoms with Crippen LogP contribution in [0.5, 0.6) is 0 Å². The molecule has 0 atom stereocenters. The molecule has 120 valence electrons. The lowest BCUT2D eigenvalue weighted by Gasteiger charge is -2.07. The van der Waals surface area contributed by atoms with E-state index in [0.717, 1.165) is 36.9 Å². The first-order valence-corrected chi connectivity index (χ1v) is 8.18. The fraction of sp³-hybridized carbons (Fsp3) is 0.556. The van der Waals surface area contributed by atoms with Gasteiger partial charge in [-0.2, -0.15) is 5.10 Å². The van der Waals surface area contributed by atoms with Gasteiger partial charge in [0.1, 0.15) is 0 Å². The molecule has 2 N–H and O–H groups in total. The van der Waals surface area contributed by atoms with Crippen molar-refractivity contribution in [1.82, 2.24) is 9.61 Å². The average Bonchev–Trinajstić information content (AvgIpc) is 2.79. The van der Waals surface area contributed by atoms with Crippen molar-refractivity contribution in [3.05, 3.63) is 35.2 Å². The highest BCUT2D eigenvalue weighted by molar-refractivity contribution is 5.94. The Morgan fingerprint density at radius 3 is 2.41 bits per heavy atom. The van der Waals surface area contributed by atoms with Crippen LogP contribution in [0.1, 0.15) is 62.2 Å². The van der Waals surface area contributed by atoms with Crippen molar-refractivity contribution >= 4 is 11.4 Å². The molecule has 0 aromatic carbocycles. The first-order valence-electron chi connectivity index (χ1n) is 8.18. The van der Waals surface area contributed by atoms with E-state index in [4.69, 9.17) is 10.8 Å². The van der Waals surface area contributed by atoms with Gasteiger partial charge in [0, 0.05) is 17.3 Å². The SMILES string of the molecule is CC(C)CCc1nn2ccc(C(N)=O)cc2c1CCC(C)C. The van der Waals surface area contributed by atoms with Gasteiger partial charge in [0.15, 0.2) is 0 Å². The summed E-state index contributed by atoms with van der Waals surface area (Å²) in [6.07, 6.45) is 6.07. The number of pyridine rings is 1. The molecule has 0 spiro atoms. The third kappa shape index (κ3) is 3.87. The van der Waals surface area contributed by atoms with Gasteiger partial charge < -0.3 is 5.73 Å². The summed E-state index contributed by atoms with van der Waals surface area (Å²) in [6, 6.07) is 3.62. The molecule has 0 unspecified atom stereocenters. The third-order valence-electron chi connectivity index (χ3n) is 4.04. The number of amides is 1. The fourth-order valence-corrected chi connectivity index (χ4v) is 2.63. The van der Waals surface area contributed by atoms with Crippen LogP contribution in [0.2, 0.25) is 0 Å². The number of rotatable bonds is 7. The van der Waals surface area contributed by atoms with E-state index in [-0.39, 0.29) is 5.91 Å². The maximum Gasteiger partial charge on any atom is 0.248 e. The summed E-state index contributed by atoms with van der Waals surface area (Å²) in [4.78, 5) is 11.4. The molecule has 0 aliphatic carbocycles. The number of aromatic nitrogens is 2. The molecule has 2 rings (SSSR count). The highest BCUT2D eigenvalue weighted by Crippen LogP contribution is 2.23. The molecule has 2 heterocycles. The van der Waals surface area contributed by atoms with Gasteiger partial charge in [0.2, 0.25) is 5.91 Å². The van der Waals surface area contributed by atoms with Crippen LogP contribution in [0.25, 0.3) is 5.52 Å². The number of hydrogen-bond donors (Lipinski definition) is 1. The molecule has 2 aromatic rings. The summed E-state index contributed by atoms with van der Waals surface area (Å²) in [7, 11) is 0. The van der Waals surface area contributed by atoms with E-state index in [2.05, 4.69) is 27.7 Å². The maximum absolute atomic E-state index is 11.4. The van der Waals surface area contributed by atoms with Crippen LogP contribution in [0, 0.1) is 11.8 Å². The number of carbonyl (C=O) groups is 1. The molecule has 0 fully saturated rings. The standard InChI is InChI=1S/C18H27N3O/c1-12(2)5-7-15-16(8-6-13(3)4)20-21-10-9-14(18(19)22)11-17(15)21/h9-13H,5-8H2,1-4H3,(H2,19,22). The van der Waals surface area contributed by atoms with Crippen LogP contribution < -0.4 is 5.73 Å². The maximum atomic E-state index is 11.4. The summed E-state index contributed by atoms with van der Waals surface area (Å²) in [5.74, 6) is 0.915. The van der Waals surface area contributed by atoms with E-state index in [9.17, 15) is 4.79 Å². The van der Waals surface area contributed by atoms with Crippen molar-refractivity contribution < 1.29 is 4.79 Å². The molecule has 0 radical (unpaired) electrons. The van der Waals surface area contributed by atoms with Crippen molar-refractivity contribution in [2.75, 3.05) is 0 Å². The zero-order valence-electron chi connectivity index (χ0n) is 14.1. The summed E-state index contributed by atoms with van der Waals surface area (Å²) >= 11 is 0. The van der Waals surface area contributed by atoms with Gasteiger partial charge in [-0.1, -0.05) is 27.7 Å². The van der Waals surface area contributed by atoms with E-state index in [1.54, 1.807) is 6.07 Å². The topological polar surface area (TPSA) is 60.4 Å². The molecule has 1 amide bonds. The Labute approximate surface area is 132 Å². The van der Waals surface area contributed by atoms with E-state index in [1.807, 2.05) is 16.8 Å². The molecule has 4 heteroatoms. The van der Waals surface area contributed by atoms with E-state index >= 15 is 0 Å². The number of fused-ring (bicyclic) bond motifs is 1. The first kappa shape index (κ1) is 16.5. The van der Waals surface area contributed by atoms with Crippen molar-refractivity contribution in [2.24, 2.45) is 17.6 Å². The second-order valence-electron chi connectivity index (χ2n) is 6.90. The largest absolute Gasteiger partial charge is 0.366 e. The third-order valence-corrected chi connectivity index (χ3v) is 4.04. The quantitative estimate of drug-likeness (QED) is 0.849. The molecule has 22 heavy (non-hydrogen) atoms. The number of primary amides is 1. The predicted octanol–water partition coefficient (Wildman–Crippen LogP) is 3.61. The van der Waals surface area contributed by atoms with E-state index in [0.29, 0.717) is 17.4 Å². The Morgan fingerprint density at radius 2 is 1.82 bits per heavy atom. The first-order chi connectivity index (χ1) is 10.4. The van der Waals surface area contributed by atoms with Gasteiger partial charge >= 0.3 is 0 Å². The van der Waals surface area contributed by atoms with Crippen LogP contribution in [-0.2, 0) is 12.8 Å². The lowest BCUT2D eigenvalue weighted by atomic mass is 9.98. The molecular weight excluding hydrogens is 274 g/mol. The lowest BCUT2D eigenvalue weighted by molar-refractivity contribution is 0.100. The van der Waals surface area contributed by atoms with Crippen molar-refractivity contribution in [3.8, 4) is 0 Å². The Balaban J connectivity index is 2.42. The normalized spacial score (nSPS) is 11.7. The number of hydrogen-bond acceptors (Lipinski definition) is 2. The zero-order valence-corrected chi connectivity index (χ0v) is 14.1. The van der Waals surface area contributed by atoms with E-state index in [1.165, 1.54) is 5.56 Å². The lowest BCUT2D eigenvalue weighted by Crippen LogP contribution is -2.11. The van der Waals surface area contributed by atoms with Crippen LogP contribution >= 0.6 is 0 Å². The number of aryl methyl sites for hydroxylation is 2. The summed E-state index contributed by atoms with van der Waals surface area (Å²) in [5, 5.41) is 4.73. The predicted molar refractivity (Wildman–Crippen MR) is 90.0 cm³/mol. The van der Waals surface area contributed by atoms with Crippen molar-refractivity contribution in [3.63, 3.8) is 0 Å². The van der Waals surface area contributed by atoms with Crippen LogP contribution in [-0.4, -0.2) is 15.5 Å². The van der Waals surface area contributed by atoms with Gasteiger partial charge in [-0.3, -0.25) is 4.79 Å². The Hall–Kier alpha value is -1.84. The highest BCUT2D eigenvalue weighted by atomic mass is 16.1. The van der Waals surface area contributed by atoms with Gasteiger partial charge in [0.05, 0.1) is 11.2 Å². The van der Waals surface area contributed by atoms with Gasteiger partial charge in [-0.15, -0.1) is 0 Å². The second-order valence-corrected chi connectivity index (χ2v) is 6.90. The molecule has 0 saturated carbocycles. The smallest absolute Gasteiger partial charge is 0.248 e. The molecule has 0 aliphatic rings. The Bertz CT molecular complexity index is 656. The molecule has 0 saturated heterocycles. The minimum Gasteiger partial charge on any atom is -0.366 e. The highest BCUT2D eigenvalue weighted by Gasteiger charge is 2.15. The second kappa shape index (κ2) is 6.95. The van der Waals surface area contributed by atoms with Crippen molar-refractivity contribution in [1.29, 1.82) is 0 Å². The summed E-state index contributed by atoms with van der Waals surface area (Å²) < 4.78 is 1.89. The molecule has 0 bridgehead atoms. The molecule has 0 aliphatic heterocycles. The number of nitrogens with two attached hydrogens (primary N) is 1. The van der Waals surface area contributed by atoms with Gasteiger partial charge in [-0.05, 0) is 49.7 Å². The average molecular weight is 301 g/mol. The molecule has 2 aromatic heterocycles.